The van der Waals surface area contributed by atoms with E-state index in [1.807, 2.05) is 18.2 Å². The Morgan fingerprint density at radius 1 is 0.667 bits per heavy atom. The molecule has 18 heavy (non-hydrogen) atoms. The molecule has 0 spiro atoms. The van der Waals surface area contributed by atoms with Crippen molar-refractivity contribution >= 4 is 22.4 Å². The lowest BCUT2D eigenvalue weighted by Crippen LogP contribution is -1.90. The highest BCUT2D eigenvalue weighted by atomic mass is 35.5. The second-order valence-electron chi connectivity index (χ2n) is 4.41. The van der Waals surface area contributed by atoms with Crippen LogP contribution in [0.3, 0.4) is 0 Å². The third-order valence-corrected chi connectivity index (χ3v) is 3.59. The topological polar surface area (TPSA) is 0 Å². The largest absolute Gasteiger partial charge is 0.0840 e. The molecule has 0 N–H and O–H groups in total. The van der Waals surface area contributed by atoms with Gasteiger partial charge in [0.15, 0.2) is 0 Å². The van der Waals surface area contributed by atoms with E-state index in [2.05, 4.69) is 48.5 Å². The van der Waals surface area contributed by atoms with E-state index >= 15 is 0 Å². The standard InChI is InChI=1S/C17H13Cl/c18-17-11-4-2-7-15(17)12-14-9-5-8-13-6-1-3-10-16(13)14/h1-11H,12H2. The molecule has 0 fully saturated rings. The van der Waals surface area contributed by atoms with Gasteiger partial charge in [0.2, 0.25) is 0 Å². The van der Waals surface area contributed by atoms with E-state index in [4.69, 9.17) is 11.6 Å². The Morgan fingerprint density at radius 3 is 2.22 bits per heavy atom. The predicted octanol–water partition coefficient (Wildman–Crippen LogP) is 5.08. The minimum atomic E-state index is 0.838. The molecule has 0 atom stereocenters. The van der Waals surface area contributed by atoms with Crippen molar-refractivity contribution in [2.75, 3.05) is 0 Å². The lowest BCUT2D eigenvalue weighted by molar-refractivity contribution is 1.21. The van der Waals surface area contributed by atoms with Crippen molar-refractivity contribution in [2.24, 2.45) is 0 Å². The van der Waals surface area contributed by atoms with Crippen LogP contribution in [0.25, 0.3) is 10.8 Å². The van der Waals surface area contributed by atoms with Crippen LogP contribution < -0.4 is 0 Å². The van der Waals surface area contributed by atoms with Gasteiger partial charge in [-0.15, -0.1) is 0 Å². The molecule has 0 unspecified atom stereocenters. The summed E-state index contributed by atoms with van der Waals surface area (Å²) in [7, 11) is 0. The Balaban J connectivity index is 2.08. The normalized spacial score (nSPS) is 10.7. The maximum Gasteiger partial charge on any atom is 0.0441 e. The Bertz CT molecular complexity index is 681. The van der Waals surface area contributed by atoms with E-state index in [1.165, 1.54) is 21.9 Å². The fraction of sp³-hybridized carbons (Fsp3) is 0.0588. The van der Waals surface area contributed by atoms with Crippen molar-refractivity contribution < 1.29 is 0 Å². The third-order valence-electron chi connectivity index (χ3n) is 3.22. The molecule has 3 rings (SSSR count). The Labute approximate surface area is 112 Å². The summed E-state index contributed by atoms with van der Waals surface area (Å²) in [4.78, 5) is 0. The second kappa shape index (κ2) is 4.83. The molecule has 0 saturated heterocycles. The van der Waals surface area contributed by atoms with Crippen LogP contribution in [0.2, 0.25) is 5.02 Å². The van der Waals surface area contributed by atoms with Gasteiger partial charge in [-0.05, 0) is 34.4 Å². The molecule has 0 amide bonds. The van der Waals surface area contributed by atoms with Gasteiger partial charge in [-0.25, -0.2) is 0 Å². The average molecular weight is 253 g/mol. The van der Waals surface area contributed by atoms with Crippen LogP contribution in [0.5, 0.6) is 0 Å². The Kier molecular flexibility index (Phi) is 3.04. The van der Waals surface area contributed by atoms with Crippen LogP contribution in [0, 0.1) is 0 Å². The van der Waals surface area contributed by atoms with E-state index in [-0.39, 0.29) is 0 Å². The molecule has 0 heterocycles. The lowest BCUT2D eigenvalue weighted by atomic mass is 9.98. The molecule has 0 aliphatic rings. The lowest BCUT2D eigenvalue weighted by Gasteiger charge is -2.08. The van der Waals surface area contributed by atoms with Crippen molar-refractivity contribution in [1.29, 1.82) is 0 Å². The average Bonchev–Trinajstić information content (AvgIpc) is 2.42. The van der Waals surface area contributed by atoms with Crippen LogP contribution in [0.4, 0.5) is 0 Å². The monoisotopic (exact) mass is 252 g/mol. The van der Waals surface area contributed by atoms with Crippen molar-refractivity contribution in [2.45, 2.75) is 6.42 Å². The van der Waals surface area contributed by atoms with E-state index in [0.29, 0.717) is 0 Å². The summed E-state index contributed by atoms with van der Waals surface area (Å²) in [5.41, 5.74) is 2.50. The first-order valence-electron chi connectivity index (χ1n) is 6.04. The molecule has 0 nitrogen and oxygen atoms in total. The molecule has 0 aliphatic heterocycles. The fourth-order valence-corrected chi connectivity index (χ4v) is 2.50. The smallest absolute Gasteiger partial charge is 0.0441 e. The highest BCUT2D eigenvalue weighted by Gasteiger charge is 2.04. The van der Waals surface area contributed by atoms with Crippen LogP contribution in [0.15, 0.2) is 66.7 Å². The molecule has 0 aliphatic carbocycles. The van der Waals surface area contributed by atoms with Crippen LogP contribution in [0.1, 0.15) is 11.1 Å². The van der Waals surface area contributed by atoms with Crippen molar-refractivity contribution in [3.8, 4) is 0 Å². The molecule has 3 aromatic rings. The molecule has 0 aromatic heterocycles. The number of rotatable bonds is 2. The first-order chi connectivity index (χ1) is 8.84. The molecule has 0 saturated carbocycles. The first-order valence-corrected chi connectivity index (χ1v) is 6.42. The van der Waals surface area contributed by atoms with Crippen molar-refractivity contribution in [1.82, 2.24) is 0 Å². The van der Waals surface area contributed by atoms with E-state index in [0.717, 1.165) is 11.4 Å². The quantitative estimate of drug-likeness (QED) is 0.596. The predicted molar refractivity (Wildman–Crippen MR) is 78.2 cm³/mol. The minimum absolute atomic E-state index is 0.838. The van der Waals surface area contributed by atoms with Gasteiger partial charge in [-0.2, -0.15) is 0 Å². The summed E-state index contributed by atoms with van der Waals surface area (Å²) >= 11 is 6.23. The summed E-state index contributed by atoms with van der Waals surface area (Å²) in [6, 6.07) is 22.9. The van der Waals surface area contributed by atoms with Crippen LogP contribution in [-0.4, -0.2) is 0 Å². The van der Waals surface area contributed by atoms with Crippen LogP contribution >= 0.6 is 11.6 Å². The highest BCUT2D eigenvalue weighted by molar-refractivity contribution is 6.31. The zero-order valence-electron chi connectivity index (χ0n) is 9.94. The summed E-state index contributed by atoms with van der Waals surface area (Å²) in [5.74, 6) is 0. The highest BCUT2D eigenvalue weighted by Crippen LogP contribution is 2.24. The van der Waals surface area contributed by atoms with E-state index in [1.54, 1.807) is 0 Å². The number of fused-ring (bicyclic) bond motifs is 1. The molecule has 1 heteroatoms. The zero-order chi connectivity index (χ0) is 12.4. The molecule has 3 aromatic carbocycles. The molecule has 0 radical (unpaired) electrons. The van der Waals surface area contributed by atoms with Gasteiger partial charge in [-0.3, -0.25) is 0 Å². The van der Waals surface area contributed by atoms with Gasteiger partial charge < -0.3 is 0 Å². The Morgan fingerprint density at radius 2 is 1.33 bits per heavy atom. The number of hydrogen-bond acceptors (Lipinski definition) is 0. The summed E-state index contributed by atoms with van der Waals surface area (Å²) < 4.78 is 0. The van der Waals surface area contributed by atoms with Crippen molar-refractivity contribution in [3.63, 3.8) is 0 Å². The molecule has 0 bridgehead atoms. The third kappa shape index (κ3) is 2.12. The minimum Gasteiger partial charge on any atom is -0.0840 e. The van der Waals surface area contributed by atoms with Gasteiger partial charge in [0, 0.05) is 5.02 Å². The zero-order valence-corrected chi connectivity index (χ0v) is 10.7. The summed E-state index contributed by atoms with van der Waals surface area (Å²) in [6.07, 6.45) is 0.876. The molecular formula is C17H13Cl. The summed E-state index contributed by atoms with van der Waals surface area (Å²) in [6.45, 7) is 0. The van der Waals surface area contributed by atoms with Gasteiger partial charge >= 0.3 is 0 Å². The maximum atomic E-state index is 6.23. The van der Waals surface area contributed by atoms with E-state index < -0.39 is 0 Å². The fourth-order valence-electron chi connectivity index (χ4n) is 2.29. The maximum absolute atomic E-state index is 6.23. The Hall–Kier alpha value is -1.79. The van der Waals surface area contributed by atoms with Gasteiger partial charge in [0.05, 0.1) is 0 Å². The molecular weight excluding hydrogens is 240 g/mol. The number of hydrogen-bond donors (Lipinski definition) is 0. The van der Waals surface area contributed by atoms with E-state index in [9.17, 15) is 0 Å². The van der Waals surface area contributed by atoms with Crippen LogP contribution in [-0.2, 0) is 6.42 Å². The SMILES string of the molecule is Clc1ccccc1Cc1cccc2ccccc12. The second-order valence-corrected chi connectivity index (χ2v) is 4.81. The van der Waals surface area contributed by atoms with Gasteiger partial charge in [0.25, 0.3) is 0 Å². The molecule has 88 valence electrons. The van der Waals surface area contributed by atoms with Gasteiger partial charge in [-0.1, -0.05) is 72.3 Å². The first kappa shape index (κ1) is 11.3. The number of halogens is 1. The summed E-state index contributed by atoms with van der Waals surface area (Å²) in [5, 5.41) is 3.42. The van der Waals surface area contributed by atoms with Crippen molar-refractivity contribution in [3.05, 3.63) is 82.9 Å². The number of benzene rings is 3. The van der Waals surface area contributed by atoms with Gasteiger partial charge in [0.1, 0.15) is 0 Å².